The number of H-pyrrole nitrogens is 1. The molecule has 2 aromatic rings. The molecule has 0 aliphatic heterocycles. The summed E-state index contributed by atoms with van der Waals surface area (Å²) in [5.74, 6) is -0.920. The van der Waals surface area contributed by atoms with E-state index in [1.807, 2.05) is 0 Å². The molecule has 0 unspecified atom stereocenters. The van der Waals surface area contributed by atoms with Gasteiger partial charge in [-0.25, -0.2) is 9.78 Å². The van der Waals surface area contributed by atoms with Crippen molar-refractivity contribution in [1.82, 2.24) is 9.97 Å². The summed E-state index contributed by atoms with van der Waals surface area (Å²) in [6, 6.07) is 3.47. The maximum Gasteiger partial charge on any atom is 0.338 e. The minimum absolute atomic E-state index is 0.308. The highest BCUT2D eigenvalue weighted by atomic mass is 16.4. The van der Waals surface area contributed by atoms with Crippen LogP contribution in [0.5, 0.6) is 0 Å². The van der Waals surface area contributed by atoms with Gasteiger partial charge in [-0.3, -0.25) is 0 Å². The maximum atomic E-state index is 10.8. The number of nitrogens with one attached hydrogen (secondary N) is 1. The lowest BCUT2D eigenvalue weighted by atomic mass is 10.2. The number of nitrogens with zero attached hydrogens (tertiary/aromatic N) is 1. The van der Waals surface area contributed by atoms with Gasteiger partial charge >= 0.3 is 5.97 Å². The van der Waals surface area contributed by atoms with Crippen molar-refractivity contribution in [3.05, 3.63) is 29.6 Å². The Hall–Kier alpha value is -1.84. The first-order chi connectivity index (χ1) is 6.20. The third-order valence-electron chi connectivity index (χ3n) is 1.97. The number of carboxylic acid groups (broad SMARTS) is 1. The minimum atomic E-state index is -0.920. The average Bonchev–Trinajstić information content (AvgIpc) is 2.39. The van der Waals surface area contributed by atoms with Gasteiger partial charge in [0, 0.05) is 17.3 Å². The van der Waals surface area contributed by atoms with Crippen molar-refractivity contribution in [3.8, 4) is 0 Å². The van der Waals surface area contributed by atoms with Crippen molar-refractivity contribution in [1.29, 1.82) is 0 Å². The number of fused-ring (bicyclic) bond motifs is 1. The molecule has 0 radical (unpaired) electrons. The van der Waals surface area contributed by atoms with E-state index in [0.29, 0.717) is 22.3 Å². The maximum absolute atomic E-state index is 10.8. The van der Waals surface area contributed by atoms with Crippen LogP contribution in [0.15, 0.2) is 18.3 Å². The van der Waals surface area contributed by atoms with Gasteiger partial charge in [0.2, 0.25) is 0 Å². The molecular weight excluding hydrogens is 168 g/mol. The van der Waals surface area contributed by atoms with Gasteiger partial charge in [0.05, 0.1) is 5.56 Å². The largest absolute Gasteiger partial charge is 0.478 e. The number of hydrogen-bond donors (Lipinski definition) is 2. The molecule has 2 N–H and O–H groups in total. The zero-order chi connectivity index (χ0) is 9.42. The molecule has 13 heavy (non-hydrogen) atoms. The number of carbonyl (C=O) groups is 1. The standard InChI is InChI=1S/C9H8N2O2/c1-5-7(9(12)13)6-3-2-4-10-8(6)11-5/h2-4H,1H3,(H,10,11)(H,12,13). The second-order valence-electron chi connectivity index (χ2n) is 2.83. The Labute approximate surface area is 74.2 Å². The van der Waals surface area contributed by atoms with Gasteiger partial charge in [0.25, 0.3) is 0 Å². The third kappa shape index (κ3) is 1.07. The number of aromatic amines is 1. The monoisotopic (exact) mass is 176 g/mol. The predicted octanol–water partition coefficient (Wildman–Crippen LogP) is 1.57. The SMILES string of the molecule is Cc1[nH]c2ncccc2c1C(=O)O. The lowest BCUT2D eigenvalue weighted by molar-refractivity contribution is 0.0698. The highest BCUT2D eigenvalue weighted by Crippen LogP contribution is 2.19. The number of rotatable bonds is 1. The molecule has 2 aromatic heterocycles. The van der Waals surface area contributed by atoms with E-state index in [1.165, 1.54) is 0 Å². The molecular formula is C9H8N2O2. The highest BCUT2D eigenvalue weighted by molar-refractivity contribution is 6.03. The van der Waals surface area contributed by atoms with Gasteiger partial charge in [-0.05, 0) is 19.1 Å². The molecule has 0 fully saturated rings. The van der Waals surface area contributed by atoms with E-state index < -0.39 is 5.97 Å². The molecule has 0 atom stereocenters. The fraction of sp³-hybridized carbons (Fsp3) is 0.111. The van der Waals surface area contributed by atoms with Gasteiger partial charge < -0.3 is 10.1 Å². The second kappa shape index (κ2) is 2.58. The Morgan fingerprint density at radius 3 is 3.08 bits per heavy atom. The van der Waals surface area contributed by atoms with E-state index >= 15 is 0 Å². The van der Waals surface area contributed by atoms with Gasteiger partial charge in [-0.2, -0.15) is 0 Å². The van der Waals surface area contributed by atoms with Gasteiger partial charge in [0.1, 0.15) is 5.65 Å². The zero-order valence-corrected chi connectivity index (χ0v) is 7.03. The fourth-order valence-corrected chi connectivity index (χ4v) is 1.42. The number of aryl methyl sites for hydroxylation is 1. The number of aromatic nitrogens is 2. The van der Waals surface area contributed by atoms with Crippen molar-refractivity contribution >= 4 is 17.0 Å². The number of hydrogen-bond acceptors (Lipinski definition) is 2. The predicted molar refractivity (Wildman–Crippen MR) is 47.8 cm³/mol. The summed E-state index contributed by atoms with van der Waals surface area (Å²) >= 11 is 0. The van der Waals surface area contributed by atoms with Crippen molar-refractivity contribution in [2.45, 2.75) is 6.92 Å². The van der Waals surface area contributed by atoms with Crippen molar-refractivity contribution in [2.75, 3.05) is 0 Å². The van der Waals surface area contributed by atoms with Crippen LogP contribution in [0.25, 0.3) is 11.0 Å². The van der Waals surface area contributed by atoms with Crippen LogP contribution in [0.1, 0.15) is 16.1 Å². The van der Waals surface area contributed by atoms with Crippen LogP contribution in [-0.4, -0.2) is 21.0 Å². The van der Waals surface area contributed by atoms with E-state index in [2.05, 4.69) is 9.97 Å². The fourth-order valence-electron chi connectivity index (χ4n) is 1.42. The molecule has 0 bridgehead atoms. The van der Waals surface area contributed by atoms with Crippen molar-refractivity contribution in [3.63, 3.8) is 0 Å². The van der Waals surface area contributed by atoms with Crippen molar-refractivity contribution in [2.24, 2.45) is 0 Å². The van der Waals surface area contributed by atoms with Crippen LogP contribution in [0.2, 0.25) is 0 Å². The molecule has 0 aliphatic rings. The minimum Gasteiger partial charge on any atom is -0.478 e. The number of carboxylic acids is 1. The number of pyridine rings is 1. The Morgan fingerprint density at radius 1 is 1.62 bits per heavy atom. The van der Waals surface area contributed by atoms with E-state index in [-0.39, 0.29) is 0 Å². The molecule has 0 aromatic carbocycles. The number of aromatic carboxylic acids is 1. The van der Waals surface area contributed by atoms with E-state index in [9.17, 15) is 4.79 Å². The molecule has 0 saturated carbocycles. The van der Waals surface area contributed by atoms with Crippen LogP contribution >= 0.6 is 0 Å². The first-order valence-electron chi connectivity index (χ1n) is 3.86. The Morgan fingerprint density at radius 2 is 2.38 bits per heavy atom. The molecule has 0 spiro atoms. The summed E-state index contributed by atoms with van der Waals surface area (Å²) in [5.41, 5.74) is 1.57. The molecule has 4 heteroatoms. The summed E-state index contributed by atoms with van der Waals surface area (Å²) in [6.07, 6.45) is 1.63. The van der Waals surface area contributed by atoms with Gasteiger partial charge in [0.15, 0.2) is 0 Å². The Balaban J connectivity index is 2.86. The summed E-state index contributed by atoms with van der Waals surface area (Å²) in [4.78, 5) is 17.8. The summed E-state index contributed by atoms with van der Waals surface area (Å²) in [6.45, 7) is 1.73. The van der Waals surface area contributed by atoms with E-state index in [0.717, 1.165) is 0 Å². The molecule has 4 nitrogen and oxygen atoms in total. The highest BCUT2D eigenvalue weighted by Gasteiger charge is 2.14. The normalized spacial score (nSPS) is 10.5. The summed E-state index contributed by atoms with van der Waals surface area (Å²) in [7, 11) is 0. The molecule has 2 heterocycles. The van der Waals surface area contributed by atoms with Crippen LogP contribution in [0.4, 0.5) is 0 Å². The smallest absolute Gasteiger partial charge is 0.338 e. The first kappa shape index (κ1) is 7.79. The van der Waals surface area contributed by atoms with Crippen molar-refractivity contribution < 1.29 is 9.90 Å². The zero-order valence-electron chi connectivity index (χ0n) is 7.03. The summed E-state index contributed by atoms with van der Waals surface area (Å²) in [5, 5.41) is 9.56. The lowest BCUT2D eigenvalue weighted by Crippen LogP contribution is -1.96. The Kier molecular flexibility index (Phi) is 1.55. The van der Waals surface area contributed by atoms with Gasteiger partial charge in [-0.1, -0.05) is 0 Å². The quantitative estimate of drug-likeness (QED) is 0.693. The van der Waals surface area contributed by atoms with E-state index in [1.54, 1.807) is 25.3 Å². The molecule has 2 rings (SSSR count). The lowest BCUT2D eigenvalue weighted by Gasteiger charge is -1.91. The summed E-state index contributed by atoms with van der Waals surface area (Å²) < 4.78 is 0. The molecule has 0 amide bonds. The molecule has 0 saturated heterocycles. The molecule has 66 valence electrons. The Bertz CT molecular complexity index is 473. The topological polar surface area (TPSA) is 66.0 Å². The third-order valence-corrected chi connectivity index (χ3v) is 1.97. The van der Waals surface area contributed by atoms with Crippen LogP contribution < -0.4 is 0 Å². The van der Waals surface area contributed by atoms with E-state index in [4.69, 9.17) is 5.11 Å². The molecule has 0 aliphatic carbocycles. The van der Waals surface area contributed by atoms with Crippen LogP contribution in [0, 0.1) is 6.92 Å². The van der Waals surface area contributed by atoms with Crippen LogP contribution in [0.3, 0.4) is 0 Å². The second-order valence-corrected chi connectivity index (χ2v) is 2.83. The first-order valence-corrected chi connectivity index (χ1v) is 3.86. The van der Waals surface area contributed by atoms with Gasteiger partial charge in [-0.15, -0.1) is 0 Å². The average molecular weight is 176 g/mol. The van der Waals surface area contributed by atoms with Crippen LogP contribution in [-0.2, 0) is 0 Å².